The van der Waals surface area contributed by atoms with E-state index >= 15 is 0 Å². The van der Waals surface area contributed by atoms with Crippen molar-refractivity contribution in [2.45, 2.75) is 38.7 Å². The SMILES string of the molecule is CCC1(CC)CC(SC(=NC)NC)=NO1. The molecular formula is C10H19N3OS. The molecule has 1 aliphatic rings. The lowest BCUT2D eigenvalue weighted by Crippen LogP contribution is -2.27. The molecule has 0 aliphatic carbocycles. The van der Waals surface area contributed by atoms with Crippen LogP contribution < -0.4 is 5.32 Å². The third-order valence-electron chi connectivity index (χ3n) is 2.73. The molecule has 4 nitrogen and oxygen atoms in total. The standard InChI is InChI=1S/C10H19N3OS/c1-5-10(6-2)7-8(13-14-10)15-9(11-3)12-4/h5-7H2,1-4H3,(H,11,12). The molecule has 86 valence electrons. The first-order valence-corrected chi connectivity index (χ1v) is 6.08. The van der Waals surface area contributed by atoms with E-state index in [9.17, 15) is 0 Å². The monoisotopic (exact) mass is 229 g/mol. The Balaban J connectivity index is 2.55. The minimum absolute atomic E-state index is 0.0745. The molecule has 0 fully saturated rings. The molecule has 0 radical (unpaired) electrons. The fourth-order valence-electron chi connectivity index (χ4n) is 1.49. The van der Waals surface area contributed by atoms with Gasteiger partial charge in [-0.05, 0) is 24.6 Å². The van der Waals surface area contributed by atoms with E-state index in [0.717, 1.165) is 29.5 Å². The Morgan fingerprint density at radius 3 is 2.67 bits per heavy atom. The van der Waals surface area contributed by atoms with Crippen LogP contribution in [0.15, 0.2) is 10.1 Å². The van der Waals surface area contributed by atoms with Gasteiger partial charge < -0.3 is 10.2 Å². The maximum Gasteiger partial charge on any atom is 0.162 e. The lowest BCUT2D eigenvalue weighted by atomic mass is 9.95. The maximum absolute atomic E-state index is 5.53. The van der Waals surface area contributed by atoms with Crippen LogP contribution in [0.2, 0.25) is 0 Å². The zero-order valence-electron chi connectivity index (χ0n) is 9.83. The first-order valence-electron chi connectivity index (χ1n) is 5.27. The number of nitrogens with one attached hydrogen (secondary N) is 1. The van der Waals surface area contributed by atoms with E-state index in [1.807, 2.05) is 7.05 Å². The molecule has 0 aromatic carbocycles. The number of oxime groups is 1. The van der Waals surface area contributed by atoms with Crippen LogP contribution in [-0.2, 0) is 4.84 Å². The van der Waals surface area contributed by atoms with Crippen LogP contribution in [0.1, 0.15) is 33.1 Å². The molecule has 1 N–H and O–H groups in total. The highest BCUT2D eigenvalue weighted by atomic mass is 32.2. The normalized spacial score (nSPS) is 19.7. The van der Waals surface area contributed by atoms with Crippen molar-refractivity contribution in [3.05, 3.63) is 0 Å². The Morgan fingerprint density at radius 1 is 1.60 bits per heavy atom. The van der Waals surface area contributed by atoms with Crippen molar-refractivity contribution in [1.29, 1.82) is 0 Å². The predicted octanol–water partition coefficient (Wildman–Crippen LogP) is 2.22. The first-order chi connectivity index (χ1) is 7.19. The van der Waals surface area contributed by atoms with E-state index < -0.39 is 0 Å². The summed E-state index contributed by atoms with van der Waals surface area (Å²) in [6.07, 6.45) is 2.88. The van der Waals surface area contributed by atoms with E-state index in [1.54, 1.807) is 18.8 Å². The smallest absolute Gasteiger partial charge is 0.162 e. The largest absolute Gasteiger partial charge is 0.388 e. The molecular weight excluding hydrogens is 210 g/mol. The Labute approximate surface area is 95.5 Å². The van der Waals surface area contributed by atoms with Gasteiger partial charge in [-0.25, -0.2) is 0 Å². The van der Waals surface area contributed by atoms with Gasteiger partial charge >= 0.3 is 0 Å². The summed E-state index contributed by atoms with van der Waals surface area (Å²) >= 11 is 1.55. The number of amidine groups is 1. The predicted molar refractivity (Wildman–Crippen MR) is 66.5 cm³/mol. The highest BCUT2D eigenvalue weighted by Crippen LogP contribution is 2.33. The highest BCUT2D eigenvalue weighted by molar-refractivity contribution is 8.26. The van der Waals surface area contributed by atoms with Gasteiger partial charge in [-0.15, -0.1) is 0 Å². The van der Waals surface area contributed by atoms with Crippen molar-refractivity contribution in [2.75, 3.05) is 14.1 Å². The van der Waals surface area contributed by atoms with Gasteiger partial charge in [0.05, 0.1) is 0 Å². The van der Waals surface area contributed by atoms with Crippen molar-refractivity contribution >= 4 is 22.0 Å². The number of hydrogen-bond donors (Lipinski definition) is 1. The van der Waals surface area contributed by atoms with Gasteiger partial charge in [-0.3, -0.25) is 4.99 Å². The van der Waals surface area contributed by atoms with Crippen molar-refractivity contribution in [2.24, 2.45) is 10.1 Å². The number of hydrogen-bond acceptors (Lipinski definition) is 4. The fraction of sp³-hybridized carbons (Fsp3) is 0.800. The molecule has 1 rings (SSSR count). The molecule has 1 heterocycles. The average molecular weight is 229 g/mol. The third-order valence-corrected chi connectivity index (χ3v) is 3.77. The molecule has 1 aliphatic heterocycles. The second-order valence-corrected chi connectivity index (χ2v) is 4.59. The van der Waals surface area contributed by atoms with Crippen molar-refractivity contribution in [1.82, 2.24) is 5.32 Å². The molecule has 15 heavy (non-hydrogen) atoms. The first kappa shape index (κ1) is 12.4. The maximum atomic E-state index is 5.53. The summed E-state index contributed by atoms with van der Waals surface area (Å²) in [5, 5.41) is 9.03. The molecule has 0 unspecified atom stereocenters. The quantitative estimate of drug-likeness (QED) is 0.583. The summed E-state index contributed by atoms with van der Waals surface area (Å²) in [5.41, 5.74) is -0.0745. The van der Waals surface area contributed by atoms with Crippen molar-refractivity contribution in [3.63, 3.8) is 0 Å². The van der Waals surface area contributed by atoms with Gasteiger partial charge in [0, 0.05) is 20.5 Å². The second kappa shape index (κ2) is 5.39. The molecule has 0 atom stereocenters. The van der Waals surface area contributed by atoms with Crippen LogP contribution in [0.4, 0.5) is 0 Å². The zero-order chi connectivity index (χ0) is 11.3. The fourth-order valence-corrected chi connectivity index (χ4v) is 2.32. The summed E-state index contributed by atoms with van der Waals surface area (Å²) in [6, 6.07) is 0. The summed E-state index contributed by atoms with van der Waals surface area (Å²) < 4.78 is 0. The van der Waals surface area contributed by atoms with Gasteiger partial charge in [0.2, 0.25) is 0 Å². The van der Waals surface area contributed by atoms with Crippen LogP contribution in [0.25, 0.3) is 0 Å². The third kappa shape index (κ3) is 2.87. The molecule has 5 heteroatoms. The number of rotatable bonds is 2. The van der Waals surface area contributed by atoms with E-state index in [1.165, 1.54) is 0 Å². The number of aliphatic imine (C=N–C) groups is 1. The van der Waals surface area contributed by atoms with Gasteiger partial charge in [0.15, 0.2) is 5.17 Å². The molecule has 0 spiro atoms. The van der Waals surface area contributed by atoms with Crippen LogP contribution in [0.5, 0.6) is 0 Å². The van der Waals surface area contributed by atoms with Crippen LogP contribution in [-0.4, -0.2) is 29.9 Å². The van der Waals surface area contributed by atoms with Crippen molar-refractivity contribution in [3.8, 4) is 0 Å². The van der Waals surface area contributed by atoms with Crippen molar-refractivity contribution < 1.29 is 4.84 Å². The van der Waals surface area contributed by atoms with E-state index in [2.05, 4.69) is 29.3 Å². The Morgan fingerprint density at radius 2 is 2.27 bits per heavy atom. The number of thioether (sulfide) groups is 1. The Kier molecular flexibility index (Phi) is 4.45. The molecule has 0 aromatic rings. The van der Waals surface area contributed by atoms with Gasteiger partial charge in [0.1, 0.15) is 10.6 Å². The lowest BCUT2D eigenvalue weighted by molar-refractivity contribution is -0.0243. The summed E-state index contributed by atoms with van der Waals surface area (Å²) in [7, 11) is 3.63. The summed E-state index contributed by atoms with van der Waals surface area (Å²) in [5.74, 6) is 0. The summed E-state index contributed by atoms with van der Waals surface area (Å²) in [4.78, 5) is 9.63. The molecule has 0 amide bonds. The molecule has 0 saturated carbocycles. The van der Waals surface area contributed by atoms with Gasteiger partial charge in [-0.1, -0.05) is 19.0 Å². The lowest BCUT2D eigenvalue weighted by Gasteiger charge is -2.22. The Hall–Kier alpha value is -0.710. The highest BCUT2D eigenvalue weighted by Gasteiger charge is 2.36. The van der Waals surface area contributed by atoms with E-state index in [4.69, 9.17) is 4.84 Å². The van der Waals surface area contributed by atoms with Gasteiger partial charge in [0.25, 0.3) is 0 Å². The molecule has 0 saturated heterocycles. The Bertz CT molecular complexity index is 272. The van der Waals surface area contributed by atoms with Crippen LogP contribution >= 0.6 is 11.8 Å². The van der Waals surface area contributed by atoms with Gasteiger partial charge in [-0.2, -0.15) is 0 Å². The van der Waals surface area contributed by atoms with Crippen LogP contribution in [0.3, 0.4) is 0 Å². The van der Waals surface area contributed by atoms with Crippen LogP contribution in [0, 0.1) is 0 Å². The second-order valence-electron chi connectivity index (χ2n) is 3.52. The van der Waals surface area contributed by atoms with E-state index in [-0.39, 0.29) is 5.60 Å². The van der Waals surface area contributed by atoms with E-state index in [0.29, 0.717) is 0 Å². The minimum Gasteiger partial charge on any atom is -0.388 e. The average Bonchev–Trinajstić information content (AvgIpc) is 2.70. The number of nitrogens with zero attached hydrogens (tertiary/aromatic N) is 2. The molecule has 0 aromatic heterocycles. The minimum atomic E-state index is -0.0745. The topological polar surface area (TPSA) is 46.0 Å². The summed E-state index contributed by atoms with van der Waals surface area (Å²) in [6.45, 7) is 4.28. The molecule has 0 bridgehead atoms. The zero-order valence-corrected chi connectivity index (χ0v) is 10.6.